The Labute approximate surface area is 202 Å². The van der Waals surface area contributed by atoms with E-state index in [1.807, 2.05) is 46.8 Å². The van der Waals surface area contributed by atoms with Crippen LogP contribution in [0.5, 0.6) is 5.75 Å². The third-order valence-corrected chi connectivity index (χ3v) is 4.78. The highest BCUT2D eigenvalue weighted by molar-refractivity contribution is 9.11. The second kappa shape index (κ2) is 17.8. The Morgan fingerprint density at radius 3 is 2.31 bits per heavy atom. The van der Waals surface area contributed by atoms with Crippen molar-refractivity contribution in [3.63, 3.8) is 0 Å². The molecule has 1 aliphatic heterocycles. The van der Waals surface area contributed by atoms with Crippen molar-refractivity contribution in [1.29, 1.82) is 0 Å². The summed E-state index contributed by atoms with van der Waals surface area (Å²) in [6.07, 6.45) is 8.56. The van der Waals surface area contributed by atoms with Crippen molar-refractivity contribution in [2.75, 3.05) is 31.7 Å². The fraction of sp³-hybridized carbons (Fsp3) is 0.560. The van der Waals surface area contributed by atoms with Crippen LogP contribution in [0.1, 0.15) is 54.4 Å². The molecule has 32 heavy (non-hydrogen) atoms. The molecule has 1 aliphatic rings. The number of hydrogen-bond acceptors (Lipinski definition) is 5. The van der Waals surface area contributed by atoms with Gasteiger partial charge in [-0.05, 0) is 69.3 Å². The van der Waals surface area contributed by atoms with Crippen LogP contribution in [0.3, 0.4) is 0 Å². The van der Waals surface area contributed by atoms with Crippen LogP contribution >= 0.6 is 15.9 Å². The van der Waals surface area contributed by atoms with E-state index in [4.69, 9.17) is 9.47 Å². The maximum Gasteiger partial charge on any atom is 0.160 e. The molecule has 0 aromatic carbocycles. The van der Waals surface area contributed by atoms with Gasteiger partial charge in [0.1, 0.15) is 11.6 Å². The van der Waals surface area contributed by atoms with Crippen LogP contribution in [0.15, 0.2) is 52.4 Å². The molecule has 0 aliphatic carbocycles. The first-order chi connectivity index (χ1) is 15.3. The Morgan fingerprint density at radius 1 is 1.25 bits per heavy atom. The van der Waals surface area contributed by atoms with E-state index in [9.17, 15) is 9.50 Å². The van der Waals surface area contributed by atoms with Crippen molar-refractivity contribution in [3.8, 4) is 5.75 Å². The van der Waals surface area contributed by atoms with Crippen LogP contribution in [0.25, 0.3) is 0 Å². The normalized spacial score (nSPS) is 16.5. The predicted molar refractivity (Wildman–Crippen MR) is 136 cm³/mol. The molecule has 0 bridgehead atoms. The molecule has 1 N–H and O–H groups in total. The number of aromatic hydroxyl groups is 1. The minimum Gasteiger partial charge on any atom is -0.506 e. The van der Waals surface area contributed by atoms with E-state index >= 15 is 0 Å². The number of ether oxygens (including phenoxy) is 2. The van der Waals surface area contributed by atoms with Crippen molar-refractivity contribution < 1.29 is 19.0 Å². The minimum absolute atomic E-state index is 0.0973. The molecule has 0 spiro atoms. The van der Waals surface area contributed by atoms with Crippen molar-refractivity contribution >= 4 is 21.7 Å². The third-order valence-electron chi connectivity index (χ3n) is 4.55. The largest absolute Gasteiger partial charge is 0.506 e. The van der Waals surface area contributed by atoms with Crippen LogP contribution in [-0.4, -0.2) is 43.2 Å². The van der Waals surface area contributed by atoms with E-state index in [1.54, 1.807) is 19.3 Å². The number of allylic oxidation sites excluding steroid dienone is 6. The number of hydrogen-bond donors (Lipinski definition) is 1. The second-order valence-corrected chi connectivity index (χ2v) is 8.40. The Kier molecular flexibility index (Phi) is 16.9. The van der Waals surface area contributed by atoms with Crippen molar-refractivity contribution in [2.24, 2.45) is 5.92 Å². The van der Waals surface area contributed by atoms with Crippen molar-refractivity contribution in [1.82, 2.24) is 4.98 Å². The Bertz CT molecular complexity index is 704. The first-order valence-electron chi connectivity index (χ1n) is 11.2. The second-order valence-electron chi connectivity index (χ2n) is 7.15. The SMILES string of the molecule is C/C(Br)=C/C(C)=C/C=C(\C)F.CC.CCOC(OC)C1CCN(c2ccc(O)cn2)CC1. The lowest BCUT2D eigenvalue weighted by Gasteiger charge is -2.35. The Hall–Kier alpha value is -1.70. The lowest BCUT2D eigenvalue weighted by atomic mass is 9.96. The number of aromatic nitrogens is 1. The molecule has 1 aromatic rings. The van der Waals surface area contributed by atoms with Gasteiger partial charge in [-0.3, -0.25) is 0 Å². The Balaban J connectivity index is 0.000000635. The molecule has 1 saturated heterocycles. The van der Waals surface area contributed by atoms with E-state index in [2.05, 4.69) is 25.8 Å². The zero-order valence-corrected chi connectivity index (χ0v) is 22.2. The van der Waals surface area contributed by atoms with E-state index in [0.29, 0.717) is 12.5 Å². The van der Waals surface area contributed by atoms with Crippen LogP contribution in [0, 0.1) is 5.92 Å². The Morgan fingerprint density at radius 2 is 1.88 bits per heavy atom. The topological polar surface area (TPSA) is 54.8 Å². The van der Waals surface area contributed by atoms with Gasteiger partial charge in [0.25, 0.3) is 0 Å². The maximum atomic E-state index is 12.2. The van der Waals surface area contributed by atoms with Gasteiger partial charge in [0.05, 0.1) is 12.0 Å². The molecule has 7 heteroatoms. The summed E-state index contributed by atoms with van der Waals surface area (Å²) < 4.78 is 24.2. The quantitative estimate of drug-likeness (QED) is 0.309. The zero-order valence-electron chi connectivity index (χ0n) is 20.6. The van der Waals surface area contributed by atoms with E-state index in [0.717, 1.165) is 41.8 Å². The van der Waals surface area contributed by atoms with Gasteiger partial charge >= 0.3 is 0 Å². The van der Waals surface area contributed by atoms with Crippen LogP contribution < -0.4 is 4.90 Å². The molecule has 182 valence electrons. The molecule has 1 fully saturated rings. The summed E-state index contributed by atoms with van der Waals surface area (Å²) in [5.41, 5.74) is 1.02. The molecular weight excluding hydrogens is 475 g/mol. The lowest BCUT2D eigenvalue weighted by Crippen LogP contribution is -2.39. The summed E-state index contributed by atoms with van der Waals surface area (Å²) in [6, 6.07) is 3.53. The molecule has 1 atom stereocenters. The smallest absolute Gasteiger partial charge is 0.160 e. The van der Waals surface area contributed by atoms with Gasteiger partial charge in [0.15, 0.2) is 6.29 Å². The number of anilines is 1. The highest BCUT2D eigenvalue weighted by Gasteiger charge is 2.27. The summed E-state index contributed by atoms with van der Waals surface area (Å²) in [6.45, 7) is 13.8. The molecule has 2 rings (SSSR count). The summed E-state index contributed by atoms with van der Waals surface area (Å²) in [5.74, 6) is 1.39. The van der Waals surface area contributed by atoms with Gasteiger partial charge in [-0.2, -0.15) is 0 Å². The lowest BCUT2D eigenvalue weighted by molar-refractivity contribution is -0.156. The van der Waals surface area contributed by atoms with Gasteiger partial charge in [-0.1, -0.05) is 41.4 Å². The molecule has 0 radical (unpaired) electrons. The average Bonchev–Trinajstić information content (AvgIpc) is 2.78. The number of piperidine rings is 1. The summed E-state index contributed by atoms with van der Waals surface area (Å²) in [5, 5.41) is 9.25. The standard InChI is InChI=1S/C14H22N2O3.C9H12BrF.C2H6/c1-3-19-14(18-2)11-6-8-16(9-7-11)13-5-4-12(17)10-15-13;1-7(6-8(2)10)4-5-9(3)11;1-2/h4-5,10-11,14,17H,3,6-9H2,1-2H3;4-6H,1-3H3;1-2H3/b;7-4+,8-6-,9-5+;. The molecule has 1 unspecified atom stereocenters. The number of methoxy groups -OCH3 is 1. The van der Waals surface area contributed by atoms with E-state index in [1.165, 1.54) is 19.2 Å². The van der Waals surface area contributed by atoms with Crippen LogP contribution in [0.2, 0.25) is 0 Å². The number of pyridine rings is 1. The number of halogens is 2. The van der Waals surface area contributed by atoms with Gasteiger partial charge in [-0.15, -0.1) is 0 Å². The fourth-order valence-corrected chi connectivity index (χ4v) is 3.50. The van der Waals surface area contributed by atoms with E-state index in [-0.39, 0.29) is 17.9 Å². The molecule has 1 aromatic heterocycles. The average molecular weight is 516 g/mol. The van der Waals surface area contributed by atoms with Gasteiger partial charge in [0.2, 0.25) is 0 Å². The molecule has 0 amide bonds. The summed E-state index contributed by atoms with van der Waals surface area (Å²) in [7, 11) is 1.70. The predicted octanol–water partition coefficient (Wildman–Crippen LogP) is 7.14. The van der Waals surface area contributed by atoms with E-state index < -0.39 is 0 Å². The number of nitrogens with zero attached hydrogens (tertiary/aromatic N) is 2. The van der Waals surface area contributed by atoms with Gasteiger partial charge in [0, 0.05) is 32.7 Å². The maximum absolute atomic E-state index is 12.2. The highest BCUT2D eigenvalue weighted by atomic mass is 79.9. The summed E-state index contributed by atoms with van der Waals surface area (Å²) in [4.78, 5) is 6.47. The fourth-order valence-electron chi connectivity index (χ4n) is 3.13. The number of rotatable bonds is 7. The van der Waals surface area contributed by atoms with Crippen LogP contribution in [0.4, 0.5) is 10.2 Å². The van der Waals surface area contributed by atoms with Gasteiger partial charge < -0.3 is 19.5 Å². The molecule has 5 nitrogen and oxygen atoms in total. The zero-order chi connectivity index (χ0) is 24.5. The first-order valence-corrected chi connectivity index (χ1v) is 11.9. The first kappa shape index (κ1) is 30.3. The minimum atomic E-state index is -0.176. The monoisotopic (exact) mass is 514 g/mol. The van der Waals surface area contributed by atoms with Gasteiger partial charge in [-0.25, -0.2) is 9.37 Å². The van der Waals surface area contributed by atoms with Crippen molar-refractivity contribution in [2.45, 2.75) is 60.7 Å². The summed E-state index contributed by atoms with van der Waals surface area (Å²) >= 11 is 3.29. The molecule has 0 saturated carbocycles. The van der Waals surface area contributed by atoms with Crippen molar-refractivity contribution in [3.05, 3.63) is 52.4 Å². The van der Waals surface area contributed by atoms with Crippen LogP contribution in [-0.2, 0) is 9.47 Å². The molecule has 2 heterocycles. The molecular formula is C25H40BrFN2O3. The highest BCUT2D eigenvalue weighted by Crippen LogP contribution is 2.26. The third kappa shape index (κ3) is 13.0.